The zero-order chi connectivity index (χ0) is 19.2. The highest BCUT2D eigenvalue weighted by atomic mass is 14.9. The van der Waals surface area contributed by atoms with Crippen LogP contribution in [0.4, 0.5) is 0 Å². The molecule has 132 valence electrons. The van der Waals surface area contributed by atoms with Crippen LogP contribution in [0.2, 0.25) is 0 Å². The van der Waals surface area contributed by atoms with Gasteiger partial charge in [0.05, 0.1) is 22.4 Å². The molecule has 2 heteroatoms. The van der Waals surface area contributed by atoms with Crippen LogP contribution in [0.25, 0.3) is 32.9 Å². The molecule has 2 nitrogen and oxygen atoms in total. The van der Waals surface area contributed by atoms with Crippen LogP contribution >= 0.6 is 0 Å². The predicted octanol–water partition coefficient (Wildman–Crippen LogP) is 5.59. The minimum absolute atomic E-state index is 0.524. The maximum Gasteiger partial charge on any atom is 0.213 e. The van der Waals surface area contributed by atoms with E-state index < -0.39 is 5.41 Å². The zero-order valence-corrected chi connectivity index (χ0v) is 16.2. The highest BCUT2D eigenvalue weighted by Crippen LogP contribution is 2.33. The third-order valence-corrected chi connectivity index (χ3v) is 5.56. The van der Waals surface area contributed by atoms with Gasteiger partial charge in [-0.2, -0.15) is 9.83 Å². The monoisotopic (exact) mass is 351 g/mol. The molecule has 0 radical (unpaired) electrons. The summed E-state index contributed by atoms with van der Waals surface area (Å²) in [5.41, 5.74) is 5.40. The fraction of sp³-hybridized carbons (Fsp3) is 0.200. The third-order valence-electron chi connectivity index (χ3n) is 5.56. The molecule has 3 aromatic carbocycles. The van der Waals surface area contributed by atoms with E-state index in [-0.39, 0.29) is 0 Å². The average Bonchev–Trinajstić information content (AvgIpc) is 2.68. The summed E-state index contributed by atoms with van der Waals surface area (Å²) >= 11 is 0. The van der Waals surface area contributed by atoms with E-state index in [9.17, 15) is 5.26 Å². The molecule has 0 aliphatic rings. The predicted molar refractivity (Wildman–Crippen MR) is 111 cm³/mol. The molecule has 4 rings (SSSR count). The van der Waals surface area contributed by atoms with Gasteiger partial charge in [0.2, 0.25) is 11.2 Å². The van der Waals surface area contributed by atoms with E-state index in [1.807, 2.05) is 13.8 Å². The Balaban J connectivity index is 2.06. The lowest BCUT2D eigenvalue weighted by Gasteiger charge is -2.18. The van der Waals surface area contributed by atoms with Crippen LogP contribution in [-0.4, -0.2) is 0 Å². The topological polar surface area (TPSA) is 27.7 Å². The molecule has 27 heavy (non-hydrogen) atoms. The lowest BCUT2D eigenvalue weighted by Crippen LogP contribution is -2.33. The van der Waals surface area contributed by atoms with E-state index in [1.165, 1.54) is 27.6 Å². The van der Waals surface area contributed by atoms with Gasteiger partial charge < -0.3 is 0 Å². The Morgan fingerprint density at radius 1 is 0.852 bits per heavy atom. The number of hydrogen-bond donors (Lipinski definition) is 0. The van der Waals surface area contributed by atoms with Crippen molar-refractivity contribution in [1.29, 1.82) is 5.26 Å². The van der Waals surface area contributed by atoms with Crippen molar-refractivity contribution in [3.63, 3.8) is 0 Å². The smallest absolute Gasteiger partial charge is 0.197 e. The van der Waals surface area contributed by atoms with Crippen molar-refractivity contribution in [1.82, 2.24) is 0 Å². The lowest BCUT2D eigenvalue weighted by molar-refractivity contribution is -0.633. The van der Waals surface area contributed by atoms with Crippen molar-refractivity contribution in [2.24, 2.45) is 7.05 Å². The molecule has 0 spiro atoms. The maximum atomic E-state index is 9.61. The van der Waals surface area contributed by atoms with Crippen LogP contribution in [0.3, 0.4) is 0 Å². The van der Waals surface area contributed by atoms with Crippen molar-refractivity contribution >= 4 is 21.7 Å². The van der Waals surface area contributed by atoms with Gasteiger partial charge in [0.15, 0.2) is 0 Å². The summed E-state index contributed by atoms with van der Waals surface area (Å²) in [6.45, 7) is 6.12. The van der Waals surface area contributed by atoms with Gasteiger partial charge in [0.25, 0.3) is 0 Å². The summed E-state index contributed by atoms with van der Waals surface area (Å²) in [5.74, 6) is 0. The molecule has 0 bridgehead atoms. The minimum atomic E-state index is -0.524. The van der Waals surface area contributed by atoms with Crippen LogP contribution in [0.5, 0.6) is 0 Å². The molecular formula is C25H23N2+. The van der Waals surface area contributed by atoms with Crippen LogP contribution < -0.4 is 4.57 Å². The average molecular weight is 351 g/mol. The summed E-state index contributed by atoms with van der Waals surface area (Å²) in [6, 6.07) is 26.0. The normalized spacial score (nSPS) is 11.7. The number of nitriles is 1. The molecular weight excluding hydrogens is 328 g/mol. The Hall–Kier alpha value is -3.18. The van der Waals surface area contributed by atoms with Crippen molar-refractivity contribution < 1.29 is 4.57 Å². The zero-order valence-electron chi connectivity index (χ0n) is 16.2. The molecule has 1 heterocycles. The Kier molecular flexibility index (Phi) is 3.97. The van der Waals surface area contributed by atoms with Crippen LogP contribution in [-0.2, 0) is 12.5 Å². The van der Waals surface area contributed by atoms with E-state index in [2.05, 4.69) is 91.3 Å². The van der Waals surface area contributed by atoms with Crippen molar-refractivity contribution in [3.8, 4) is 17.3 Å². The summed E-state index contributed by atoms with van der Waals surface area (Å²) in [6.07, 6.45) is 0. The van der Waals surface area contributed by atoms with E-state index >= 15 is 0 Å². The van der Waals surface area contributed by atoms with Crippen LogP contribution in [0.15, 0.2) is 66.7 Å². The number of hydrogen-bond acceptors (Lipinski definition) is 1. The van der Waals surface area contributed by atoms with Gasteiger partial charge >= 0.3 is 0 Å². The molecule has 0 N–H and O–H groups in total. The molecule has 0 aliphatic heterocycles. The lowest BCUT2D eigenvalue weighted by atomic mass is 9.83. The summed E-state index contributed by atoms with van der Waals surface area (Å²) in [7, 11) is 2.11. The SMILES string of the molecule is Cc1ccc2ccccc2c1-c1ccc2c(C(C)(C)C#N)cccc2[n+]1C. The van der Waals surface area contributed by atoms with Gasteiger partial charge in [-0.25, -0.2) is 0 Å². The second kappa shape index (κ2) is 6.21. The van der Waals surface area contributed by atoms with Crippen LogP contribution in [0, 0.1) is 18.3 Å². The second-order valence-corrected chi connectivity index (χ2v) is 7.73. The second-order valence-electron chi connectivity index (χ2n) is 7.73. The largest absolute Gasteiger partial charge is 0.213 e. The molecule has 1 aromatic heterocycles. The van der Waals surface area contributed by atoms with Crippen molar-refractivity contribution in [2.75, 3.05) is 0 Å². The number of aryl methyl sites for hydroxylation is 2. The molecule has 0 fully saturated rings. The number of fused-ring (bicyclic) bond motifs is 2. The molecule has 0 saturated heterocycles. The molecule has 0 amide bonds. The molecule has 0 unspecified atom stereocenters. The van der Waals surface area contributed by atoms with E-state index in [0.717, 1.165) is 16.5 Å². The van der Waals surface area contributed by atoms with Gasteiger partial charge in [-0.15, -0.1) is 0 Å². The number of aromatic nitrogens is 1. The fourth-order valence-corrected chi connectivity index (χ4v) is 4.00. The number of rotatable bonds is 2. The number of pyridine rings is 1. The van der Waals surface area contributed by atoms with E-state index in [4.69, 9.17) is 0 Å². The molecule has 0 saturated carbocycles. The summed E-state index contributed by atoms with van der Waals surface area (Å²) in [5, 5.41) is 13.3. The van der Waals surface area contributed by atoms with E-state index in [0.29, 0.717) is 0 Å². The number of nitrogens with zero attached hydrogens (tertiary/aromatic N) is 2. The minimum Gasteiger partial charge on any atom is -0.197 e. The standard InChI is InChI=1S/C25H23N2/c1-17-12-13-18-8-5-6-9-19(18)24(17)23-15-14-20-21(25(2,3)16-26)10-7-11-22(20)27(23)4/h5-15H,1-4H3/q+1. The molecule has 4 aromatic rings. The molecule has 0 aliphatic carbocycles. The Morgan fingerprint density at radius 3 is 2.41 bits per heavy atom. The van der Waals surface area contributed by atoms with Gasteiger partial charge in [0, 0.05) is 12.1 Å². The maximum absolute atomic E-state index is 9.61. The van der Waals surface area contributed by atoms with Crippen molar-refractivity contribution in [2.45, 2.75) is 26.2 Å². The summed E-state index contributed by atoms with van der Waals surface area (Å²) in [4.78, 5) is 0. The highest BCUT2D eigenvalue weighted by molar-refractivity contribution is 5.97. The van der Waals surface area contributed by atoms with Gasteiger partial charge in [-0.3, -0.25) is 0 Å². The fourth-order valence-electron chi connectivity index (χ4n) is 4.00. The first-order valence-electron chi connectivity index (χ1n) is 9.26. The quantitative estimate of drug-likeness (QED) is 0.432. The Bertz CT molecular complexity index is 1230. The Morgan fingerprint density at radius 2 is 1.63 bits per heavy atom. The van der Waals surface area contributed by atoms with Crippen molar-refractivity contribution in [3.05, 3.63) is 77.9 Å². The first-order valence-corrected chi connectivity index (χ1v) is 9.26. The van der Waals surface area contributed by atoms with Gasteiger partial charge in [0.1, 0.15) is 7.05 Å². The van der Waals surface area contributed by atoms with E-state index in [1.54, 1.807) is 0 Å². The third kappa shape index (κ3) is 2.67. The first kappa shape index (κ1) is 17.2. The number of benzene rings is 3. The highest BCUT2D eigenvalue weighted by Gasteiger charge is 2.26. The van der Waals surface area contributed by atoms with Gasteiger partial charge in [-0.1, -0.05) is 48.5 Å². The van der Waals surface area contributed by atoms with Gasteiger partial charge in [-0.05, 0) is 48.7 Å². The Labute approximate surface area is 160 Å². The van der Waals surface area contributed by atoms with Crippen LogP contribution in [0.1, 0.15) is 25.0 Å². The molecule has 0 atom stereocenters. The summed E-state index contributed by atoms with van der Waals surface area (Å²) < 4.78 is 2.25. The first-order chi connectivity index (χ1) is 12.9.